The number of nitrogens with zero attached hydrogens (tertiary/aromatic N) is 6. The van der Waals surface area contributed by atoms with Gasteiger partial charge >= 0.3 is 0 Å². The molecule has 9 nitrogen and oxygen atoms in total. The number of hydrogen-bond acceptors (Lipinski definition) is 6. The fraction of sp³-hybridized carbons (Fsp3) is 0.312. The number of benzene rings is 1. The molecule has 0 bridgehead atoms. The van der Waals surface area contributed by atoms with Crippen LogP contribution in [0.3, 0.4) is 0 Å². The maximum Gasteiger partial charge on any atom is 0.256 e. The normalized spacial score (nSPS) is 10.9. The second kappa shape index (κ2) is 7.12. The molecule has 0 saturated heterocycles. The number of aromatic nitrogens is 6. The van der Waals surface area contributed by atoms with Crippen molar-refractivity contribution >= 4 is 11.7 Å². The Morgan fingerprint density at radius 3 is 2.88 bits per heavy atom. The van der Waals surface area contributed by atoms with Gasteiger partial charge in [0.2, 0.25) is 0 Å². The number of ether oxygens (including phenoxy) is 1. The summed E-state index contributed by atoms with van der Waals surface area (Å²) >= 11 is 0. The highest BCUT2D eigenvalue weighted by atomic mass is 16.5. The third-order valence-electron chi connectivity index (χ3n) is 3.47. The highest BCUT2D eigenvalue weighted by Gasteiger charge is 2.12. The van der Waals surface area contributed by atoms with E-state index in [1.165, 1.54) is 0 Å². The summed E-state index contributed by atoms with van der Waals surface area (Å²) in [5, 5.41) is 18.4. The van der Waals surface area contributed by atoms with Crippen molar-refractivity contribution in [3.63, 3.8) is 0 Å². The van der Waals surface area contributed by atoms with E-state index in [1.807, 2.05) is 13.8 Å². The van der Waals surface area contributed by atoms with E-state index in [0.717, 1.165) is 0 Å². The van der Waals surface area contributed by atoms with E-state index in [4.69, 9.17) is 4.74 Å². The van der Waals surface area contributed by atoms with Crippen molar-refractivity contribution in [2.45, 2.75) is 26.5 Å². The van der Waals surface area contributed by atoms with Gasteiger partial charge in [-0.1, -0.05) is 6.07 Å². The first kappa shape index (κ1) is 16.6. The molecular formula is C16H19N7O2. The van der Waals surface area contributed by atoms with E-state index in [9.17, 15) is 4.79 Å². The lowest BCUT2D eigenvalue weighted by Gasteiger charge is -2.10. The quantitative estimate of drug-likeness (QED) is 0.734. The van der Waals surface area contributed by atoms with Crippen molar-refractivity contribution in [1.82, 2.24) is 30.0 Å². The van der Waals surface area contributed by atoms with E-state index in [0.29, 0.717) is 23.0 Å². The van der Waals surface area contributed by atoms with Crippen LogP contribution in [0, 0.1) is 0 Å². The third-order valence-corrected chi connectivity index (χ3v) is 3.47. The molecule has 25 heavy (non-hydrogen) atoms. The number of rotatable bonds is 6. The second-order valence-electron chi connectivity index (χ2n) is 5.78. The van der Waals surface area contributed by atoms with Gasteiger partial charge in [-0.3, -0.25) is 9.48 Å². The topological polar surface area (TPSA) is 99.8 Å². The highest BCUT2D eigenvalue weighted by Crippen LogP contribution is 2.16. The summed E-state index contributed by atoms with van der Waals surface area (Å²) in [7, 11) is 1.79. The molecule has 3 aromatic rings. The van der Waals surface area contributed by atoms with Gasteiger partial charge in [-0.05, 0) is 42.5 Å². The van der Waals surface area contributed by atoms with Crippen LogP contribution in [0.25, 0.3) is 0 Å². The molecule has 9 heteroatoms. The molecule has 1 amide bonds. The first-order valence-electron chi connectivity index (χ1n) is 7.83. The molecule has 0 aliphatic rings. The van der Waals surface area contributed by atoms with Gasteiger partial charge in [-0.2, -0.15) is 5.10 Å². The summed E-state index contributed by atoms with van der Waals surface area (Å²) in [6.07, 6.45) is 1.76. The summed E-state index contributed by atoms with van der Waals surface area (Å²) in [5.74, 6) is 1.43. The Balaban J connectivity index is 1.66. The lowest BCUT2D eigenvalue weighted by Crippen LogP contribution is -2.13. The van der Waals surface area contributed by atoms with Crippen molar-refractivity contribution in [3.8, 4) is 5.75 Å². The molecular weight excluding hydrogens is 322 g/mol. The van der Waals surface area contributed by atoms with Gasteiger partial charge < -0.3 is 10.1 Å². The van der Waals surface area contributed by atoms with Gasteiger partial charge in [-0.15, -0.1) is 5.10 Å². The number of amides is 1. The molecule has 1 aromatic carbocycles. The smallest absolute Gasteiger partial charge is 0.256 e. The van der Waals surface area contributed by atoms with Gasteiger partial charge in [-0.25, -0.2) is 4.68 Å². The first-order chi connectivity index (χ1) is 12.0. The minimum absolute atomic E-state index is 0.143. The van der Waals surface area contributed by atoms with Crippen molar-refractivity contribution in [2.75, 3.05) is 5.32 Å². The van der Waals surface area contributed by atoms with Crippen LogP contribution in [0.1, 0.15) is 36.1 Å². The molecule has 0 saturated carbocycles. The minimum atomic E-state index is -0.254. The molecule has 2 aromatic heterocycles. The maximum absolute atomic E-state index is 12.3. The van der Waals surface area contributed by atoms with Crippen LogP contribution in [0.15, 0.2) is 36.5 Å². The second-order valence-corrected chi connectivity index (χ2v) is 5.78. The predicted octanol–water partition coefficient (Wildman–Crippen LogP) is 1.82. The third kappa shape index (κ3) is 4.00. The number of tetrazole rings is 1. The van der Waals surface area contributed by atoms with Gasteiger partial charge in [0, 0.05) is 24.9 Å². The number of carbonyl (C=O) groups is 1. The monoisotopic (exact) mass is 341 g/mol. The average molecular weight is 341 g/mol. The SMILES string of the molecule is CC(C)n1nnnc1COc1cccc(C(=O)Nc2ccn(C)n2)c1. The standard InChI is InChI=1S/C16H19N7O2/c1-11(2)23-15(18-20-21-23)10-25-13-6-4-5-12(9-13)16(24)17-14-7-8-22(3)19-14/h4-9,11H,10H2,1-3H3,(H,17,19,24). The van der Waals surface area contributed by atoms with E-state index in [1.54, 1.807) is 52.9 Å². The fourth-order valence-electron chi connectivity index (χ4n) is 2.25. The molecule has 0 aliphatic heterocycles. The van der Waals surface area contributed by atoms with Crippen molar-refractivity contribution in [2.24, 2.45) is 7.05 Å². The zero-order chi connectivity index (χ0) is 17.8. The van der Waals surface area contributed by atoms with Crippen LogP contribution in [0.2, 0.25) is 0 Å². The number of nitrogens with one attached hydrogen (secondary N) is 1. The average Bonchev–Trinajstić information content (AvgIpc) is 3.22. The largest absolute Gasteiger partial charge is 0.486 e. The fourth-order valence-corrected chi connectivity index (χ4v) is 2.25. The van der Waals surface area contributed by atoms with Crippen LogP contribution in [0.5, 0.6) is 5.75 Å². The highest BCUT2D eigenvalue weighted by molar-refractivity contribution is 6.03. The molecule has 2 heterocycles. The van der Waals surface area contributed by atoms with Crippen molar-refractivity contribution in [1.29, 1.82) is 0 Å². The van der Waals surface area contributed by atoms with Crippen LogP contribution in [0.4, 0.5) is 5.82 Å². The van der Waals surface area contributed by atoms with Gasteiger partial charge in [0.05, 0.1) is 6.04 Å². The first-order valence-corrected chi connectivity index (χ1v) is 7.83. The molecule has 0 aliphatic carbocycles. The lowest BCUT2D eigenvalue weighted by molar-refractivity contribution is 0.102. The van der Waals surface area contributed by atoms with Crippen LogP contribution in [-0.2, 0) is 13.7 Å². The van der Waals surface area contributed by atoms with E-state index in [2.05, 4.69) is 25.9 Å². The van der Waals surface area contributed by atoms with Crippen LogP contribution >= 0.6 is 0 Å². The molecule has 1 N–H and O–H groups in total. The molecule has 130 valence electrons. The molecule has 0 spiro atoms. The summed E-state index contributed by atoms with van der Waals surface area (Å²) in [6, 6.07) is 8.79. The van der Waals surface area contributed by atoms with Crippen LogP contribution in [-0.4, -0.2) is 35.9 Å². The molecule has 0 fully saturated rings. The molecule has 0 unspecified atom stereocenters. The minimum Gasteiger partial charge on any atom is -0.486 e. The summed E-state index contributed by atoms with van der Waals surface area (Å²) in [5.41, 5.74) is 0.478. The Kier molecular flexibility index (Phi) is 4.73. The summed E-state index contributed by atoms with van der Waals surface area (Å²) in [4.78, 5) is 12.3. The summed E-state index contributed by atoms with van der Waals surface area (Å²) < 4.78 is 9.03. The Labute approximate surface area is 144 Å². The van der Waals surface area contributed by atoms with E-state index >= 15 is 0 Å². The van der Waals surface area contributed by atoms with Crippen molar-refractivity contribution in [3.05, 3.63) is 47.9 Å². The Morgan fingerprint density at radius 2 is 2.16 bits per heavy atom. The number of anilines is 1. The van der Waals surface area contributed by atoms with Gasteiger partial charge in [0.25, 0.3) is 5.91 Å². The maximum atomic E-state index is 12.3. The lowest BCUT2D eigenvalue weighted by atomic mass is 10.2. The Morgan fingerprint density at radius 1 is 1.32 bits per heavy atom. The number of hydrogen-bond donors (Lipinski definition) is 1. The van der Waals surface area contributed by atoms with E-state index in [-0.39, 0.29) is 18.6 Å². The zero-order valence-corrected chi connectivity index (χ0v) is 14.2. The molecule has 3 rings (SSSR count). The molecule has 0 radical (unpaired) electrons. The zero-order valence-electron chi connectivity index (χ0n) is 14.2. The predicted molar refractivity (Wildman–Crippen MR) is 90.1 cm³/mol. The van der Waals surface area contributed by atoms with Gasteiger partial charge in [0.15, 0.2) is 11.6 Å². The summed E-state index contributed by atoms with van der Waals surface area (Å²) in [6.45, 7) is 4.20. The Hall–Kier alpha value is -3.23. The van der Waals surface area contributed by atoms with Crippen LogP contribution < -0.4 is 10.1 Å². The molecule has 0 atom stereocenters. The van der Waals surface area contributed by atoms with Crippen molar-refractivity contribution < 1.29 is 9.53 Å². The van der Waals surface area contributed by atoms with E-state index < -0.39 is 0 Å². The number of carbonyl (C=O) groups excluding carboxylic acids is 1. The van der Waals surface area contributed by atoms with Gasteiger partial charge in [0.1, 0.15) is 12.4 Å². The Bertz CT molecular complexity index is 869. The number of aryl methyl sites for hydroxylation is 1.